The highest BCUT2D eigenvalue weighted by molar-refractivity contribution is 6.33. The van der Waals surface area contributed by atoms with E-state index < -0.39 is 11.6 Å². The average molecular weight is 196 g/mol. The number of rotatable bonds is 1. The van der Waals surface area contributed by atoms with E-state index in [2.05, 4.69) is 4.99 Å². The zero-order valence-electron chi connectivity index (χ0n) is 7.00. The van der Waals surface area contributed by atoms with Crippen LogP contribution in [0.2, 0.25) is 0 Å². The third kappa shape index (κ3) is 1.02. The smallest absolute Gasteiger partial charge is 0.320 e. The third-order valence-corrected chi connectivity index (χ3v) is 2.03. The minimum atomic E-state index is -3.31. The second kappa shape index (κ2) is 2.60. The van der Waals surface area contributed by atoms with Gasteiger partial charge in [-0.15, -0.1) is 0 Å². The molecule has 0 unspecified atom stereocenters. The fourth-order valence-electron chi connectivity index (χ4n) is 1.34. The molecule has 2 N–H and O–H groups in total. The van der Waals surface area contributed by atoms with E-state index in [0.717, 1.165) is 6.07 Å². The summed E-state index contributed by atoms with van der Waals surface area (Å²) in [6.45, 7) is 0. The van der Waals surface area contributed by atoms with Gasteiger partial charge in [-0.2, -0.15) is 8.78 Å². The lowest BCUT2D eigenvalue weighted by atomic mass is 10.1. The Bertz CT molecular complexity index is 440. The molecule has 1 aliphatic heterocycles. The fraction of sp³-hybridized carbons (Fsp3) is 0.111. The van der Waals surface area contributed by atoms with Crippen LogP contribution in [0.25, 0.3) is 0 Å². The topological polar surface area (TPSA) is 55.5 Å². The van der Waals surface area contributed by atoms with E-state index in [-0.39, 0.29) is 23.2 Å². The average Bonchev–Trinajstić information content (AvgIpc) is 2.38. The van der Waals surface area contributed by atoms with Gasteiger partial charge in [-0.25, -0.2) is 4.99 Å². The Morgan fingerprint density at radius 1 is 1.43 bits per heavy atom. The Morgan fingerprint density at radius 3 is 2.79 bits per heavy atom. The van der Waals surface area contributed by atoms with Crippen LogP contribution in [0.1, 0.15) is 5.56 Å². The molecule has 0 fully saturated rings. The molecule has 1 aliphatic rings. The molecule has 0 atom stereocenters. The van der Waals surface area contributed by atoms with E-state index in [4.69, 9.17) is 5.73 Å². The molecule has 0 amide bonds. The number of hydrogen-bond donors (Lipinski definition) is 1. The molecule has 0 radical (unpaired) electrons. The Morgan fingerprint density at radius 2 is 2.14 bits per heavy atom. The second-order valence-electron chi connectivity index (χ2n) is 2.97. The lowest BCUT2D eigenvalue weighted by Gasteiger charge is -2.09. The summed E-state index contributed by atoms with van der Waals surface area (Å²) in [6.07, 6.45) is 0.0657. The first-order chi connectivity index (χ1) is 6.55. The number of nitrogen functional groups attached to an aromatic ring is 1. The van der Waals surface area contributed by atoms with Crippen LogP contribution in [0.15, 0.2) is 23.2 Å². The van der Waals surface area contributed by atoms with Crippen LogP contribution in [-0.4, -0.2) is 12.0 Å². The summed E-state index contributed by atoms with van der Waals surface area (Å²) in [7, 11) is 0. The number of nitrogens with two attached hydrogens (primary N) is 1. The van der Waals surface area contributed by atoms with Gasteiger partial charge in [0.25, 0.3) is 0 Å². The predicted octanol–water partition coefficient (Wildman–Crippen LogP) is 1.65. The number of anilines is 1. The van der Waals surface area contributed by atoms with Crippen molar-refractivity contribution in [3.05, 3.63) is 23.8 Å². The number of aldehydes is 1. The number of aliphatic imine (C=N–C) groups is 1. The van der Waals surface area contributed by atoms with E-state index in [1.54, 1.807) is 0 Å². The van der Waals surface area contributed by atoms with Crippen LogP contribution in [-0.2, 0) is 10.7 Å². The highest BCUT2D eigenvalue weighted by atomic mass is 19.3. The van der Waals surface area contributed by atoms with E-state index in [1.807, 2.05) is 0 Å². The van der Waals surface area contributed by atoms with Crippen LogP contribution >= 0.6 is 0 Å². The Balaban J connectivity index is 2.64. The highest BCUT2D eigenvalue weighted by Crippen LogP contribution is 2.42. The number of fused-ring (bicyclic) bond motifs is 1. The second-order valence-corrected chi connectivity index (χ2v) is 2.97. The van der Waals surface area contributed by atoms with E-state index in [0.29, 0.717) is 0 Å². The molecule has 5 heteroatoms. The van der Waals surface area contributed by atoms with Gasteiger partial charge in [0.15, 0.2) is 12.0 Å². The SMILES string of the molecule is Nc1ccc2c(c1)C(F)(F)C(C=O)=N2. The summed E-state index contributed by atoms with van der Waals surface area (Å²) in [5.74, 6) is -3.31. The molecule has 0 aliphatic carbocycles. The first-order valence-electron chi connectivity index (χ1n) is 3.88. The van der Waals surface area contributed by atoms with Gasteiger partial charge >= 0.3 is 5.92 Å². The number of hydrogen-bond acceptors (Lipinski definition) is 3. The minimum Gasteiger partial charge on any atom is -0.399 e. The number of benzene rings is 1. The van der Waals surface area contributed by atoms with Crippen molar-refractivity contribution in [1.82, 2.24) is 0 Å². The lowest BCUT2D eigenvalue weighted by molar-refractivity contribution is -0.103. The molecule has 0 saturated heterocycles. The fourth-order valence-corrected chi connectivity index (χ4v) is 1.34. The van der Waals surface area contributed by atoms with Gasteiger partial charge in [0, 0.05) is 5.69 Å². The largest absolute Gasteiger partial charge is 0.399 e. The molecule has 2 rings (SSSR count). The number of nitrogens with zero attached hydrogens (tertiary/aromatic N) is 1. The summed E-state index contributed by atoms with van der Waals surface area (Å²) in [5.41, 5.74) is 4.63. The van der Waals surface area contributed by atoms with Crippen molar-refractivity contribution in [3.8, 4) is 0 Å². The summed E-state index contributed by atoms with van der Waals surface area (Å²) in [6, 6.07) is 3.97. The predicted molar refractivity (Wildman–Crippen MR) is 47.9 cm³/mol. The monoisotopic (exact) mass is 196 g/mol. The first kappa shape index (κ1) is 8.80. The molecule has 0 saturated carbocycles. The maximum Gasteiger partial charge on any atom is 0.320 e. The van der Waals surface area contributed by atoms with Gasteiger partial charge in [0.05, 0.1) is 11.3 Å². The van der Waals surface area contributed by atoms with Gasteiger partial charge in [-0.3, -0.25) is 4.79 Å². The number of halogens is 2. The number of carbonyl (C=O) groups is 1. The Kier molecular flexibility index (Phi) is 1.64. The van der Waals surface area contributed by atoms with Gasteiger partial charge in [-0.05, 0) is 18.2 Å². The van der Waals surface area contributed by atoms with Crippen molar-refractivity contribution in [3.63, 3.8) is 0 Å². The van der Waals surface area contributed by atoms with Crippen molar-refractivity contribution in [2.24, 2.45) is 4.99 Å². The normalized spacial score (nSPS) is 17.4. The summed E-state index contributed by atoms with van der Waals surface area (Å²) < 4.78 is 26.7. The van der Waals surface area contributed by atoms with Gasteiger partial charge < -0.3 is 5.73 Å². The van der Waals surface area contributed by atoms with Crippen LogP contribution in [0.3, 0.4) is 0 Å². The zero-order valence-corrected chi connectivity index (χ0v) is 7.00. The van der Waals surface area contributed by atoms with E-state index in [9.17, 15) is 13.6 Å². The molecule has 3 nitrogen and oxygen atoms in total. The van der Waals surface area contributed by atoms with Gasteiger partial charge in [-0.1, -0.05) is 0 Å². The van der Waals surface area contributed by atoms with Crippen LogP contribution in [0.5, 0.6) is 0 Å². The molecule has 1 aromatic carbocycles. The third-order valence-electron chi connectivity index (χ3n) is 2.03. The molecular weight excluding hydrogens is 190 g/mol. The van der Waals surface area contributed by atoms with E-state index in [1.165, 1.54) is 12.1 Å². The molecular formula is C9H6F2N2O. The molecule has 1 aromatic rings. The maximum absolute atomic E-state index is 13.4. The molecule has 0 spiro atoms. The standard InChI is InChI=1S/C9H6F2N2O/c10-9(11)6-3-5(12)1-2-7(6)13-8(9)4-14/h1-4H,12H2. The van der Waals surface area contributed by atoms with Crippen LogP contribution in [0.4, 0.5) is 20.2 Å². The minimum absolute atomic E-state index is 0.0657. The molecule has 14 heavy (non-hydrogen) atoms. The van der Waals surface area contributed by atoms with Gasteiger partial charge in [0.2, 0.25) is 0 Å². The molecule has 0 bridgehead atoms. The van der Waals surface area contributed by atoms with Crippen molar-refractivity contribution < 1.29 is 13.6 Å². The van der Waals surface area contributed by atoms with Gasteiger partial charge in [0.1, 0.15) is 0 Å². The Hall–Kier alpha value is -1.78. The van der Waals surface area contributed by atoms with E-state index >= 15 is 0 Å². The van der Waals surface area contributed by atoms with Crippen molar-refractivity contribution >= 4 is 23.4 Å². The molecule has 72 valence electrons. The van der Waals surface area contributed by atoms with Crippen molar-refractivity contribution in [2.45, 2.75) is 5.92 Å². The zero-order chi connectivity index (χ0) is 10.3. The summed E-state index contributed by atoms with van der Waals surface area (Å²) in [5, 5.41) is 0. The lowest BCUT2D eigenvalue weighted by Crippen LogP contribution is -2.23. The number of carbonyl (C=O) groups excluding carboxylic acids is 1. The number of alkyl halides is 2. The van der Waals surface area contributed by atoms with Crippen LogP contribution < -0.4 is 5.73 Å². The quantitative estimate of drug-likeness (QED) is 0.548. The summed E-state index contributed by atoms with van der Waals surface area (Å²) in [4.78, 5) is 13.8. The molecule has 0 aromatic heterocycles. The highest BCUT2D eigenvalue weighted by Gasteiger charge is 2.44. The maximum atomic E-state index is 13.4. The van der Waals surface area contributed by atoms with Crippen molar-refractivity contribution in [2.75, 3.05) is 5.73 Å². The first-order valence-corrected chi connectivity index (χ1v) is 3.88. The Labute approximate surface area is 78.2 Å². The van der Waals surface area contributed by atoms with Crippen LogP contribution in [0, 0.1) is 0 Å². The van der Waals surface area contributed by atoms with Crippen molar-refractivity contribution in [1.29, 1.82) is 0 Å². The summed E-state index contributed by atoms with van der Waals surface area (Å²) >= 11 is 0. The molecule has 1 heterocycles.